The molecular formula is C19H24FN5O2. The van der Waals surface area contributed by atoms with Crippen molar-refractivity contribution in [2.24, 2.45) is 0 Å². The summed E-state index contributed by atoms with van der Waals surface area (Å²) < 4.78 is 19.1. The third kappa shape index (κ3) is 4.91. The van der Waals surface area contributed by atoms with E-state index in [2.05, 4.69) is 20.6 Å². The van der Waals surface area contributed by atoms with Gasteiger partial charge in [-0.15, -0.1) is 0 Å². The summed E-state index contributed by atoms with van der Waals surface area (Å²) in [5.41, 5.74) is 0.341. The fraction of sp³-hybridized carbons (Fsp3) is 0.421. The molecule has 1 amide bonds. The quantitative estimate of drug-likeness (QED) is 0.692. The molecule has 1 aliphatic heterocycles. The van der Waals surface area contributed by atoms with Gasteiger partial charge in [-0.3, -0.25) is 4.79 Å². The Morgan fingerprint density at radius 2 is 2.22 bits per heavy atom. The summed E-state index contributed by atoms with van der Waals surface area (Å²) in [6.45, 7) is 4.22. The van der Waals surface area contributed by atoms with E-state index in [0.717, 1.165) is 12.8 Å². The molecule has 0 aliphatic carbocycles. The molecule has 2 N–H and O–H groups in total. The van der Waals surface area contributed by atoms with E-state index in [1.165, 1.54) is 6.07 Å². The fourth-order valence-electron chi connectivity index (χ4n) is 3.04. The Kier molecular flexibility index (Phi) is 6.54. The van der Waals surface area contributed by atoms with Crippen molar-refractivity contribution in [1.29, 1.82) is 0 Å². The molecule has 0 saturated carbocycles. The number of benzene rings is 1. The smallest absolute Gasteiger partial charge is 0.242 e. The third-order valence-corrected chi connectivity index (χ3v) is 4.34. The van der Waals surface area contributed by atoms with Gasteiger partial charge < -0.3 is 20.3 Å². The number of aromatic nitrogens is 2. The van der Waals surface area contributed by atoms with Crippen LogP contribution in [0.5, 0.6) is 0 Å². The van der Waals surface area contributed by atoms with Crippen molar-refractivity contribution in [2.75, 3.05) is 36.5 Å². The Bertz CT molecular complexity index is 773. The minimum absolute atomic E-state index is 0.0525. The summed E-state index contributed by atoms with van der Waals surface area (Å²) in [6, 6.07) is 7.76. The minimum atomic E-state index is -0.356. The third-order valence-electron chi connectivity index (χ3n) is 4.34. The molecule has 1 saturated heterocycles. The molecular weight excluding hydrogens is 349 g/mol. The summed E-state index contributed by atoms with van der Waals surface area (Å²) >= 11 is 0. The van der Waals surface area contributed by atoms with Crippen LogP contribution in [0, 0.1) is 5.82 Å². The van der Waals surface area contributed by atoms with Crippen molar-refractivity contribution in [1.82, 2.24) is 15.3 Å². The maximum atomic E-state index is 13.8. The molecule has 2 heterocycles. The SMILES string of the molecule is CCOCCNC(=O)C1CCCN1c1nccc(Nc2ccccc2F)n1. The van der Waals surface area contributed by atoms with Gasteiger partial charge in [-0.2, -0.15) is 4.98 Å². The number of carbonyl (C=O) groups is 1. The molecule has 1 atom stereocenters. The van der Waals surface area contributed by atoms with Crippen molar-refractivity contribution in [3.8, 4) is 0 Å². The van der Waals surface area contributed by atoms with Crippen molar-refractivity contribution in [3.05, 3.63) is 42.3 Å². The number of hydrogen-bond donors (Lipinski definition) is 2. The van der Waals surface area contributed by atoms with E-state index in [1.807, 2.05) is 11.8 Å². The van der Waals surface area contributed by atoms with Gasteiger partial charge in [-0.25, -0.2) is 9.37 Å². The van der Waals surface area contributed by atoms with Crippen LogP contribution in [0.1, 0.15) is 19.8 Å². The second-order valence-corrected chi connectivity index (χ2v) is 6.19. The van der Waals surface area contributed by atoms with Crippen molar-refractivity contribution in [2.45, 2.75) is 25.8 Å². The summed E-state index contributed by atoms with van der Waals surface area (Å²) in [5.74, 6) is 0.528. The molecule has 8 heteroatoms. The van der Waals surface area contributed by atoms with Crippen LogP contribution in [0.3, 0.4) is 0 Å². The van der Waals surface area contributed by atoms with E-state index in [0.29, 0.717) is 43.8 Å². The van der Waals surface area contributed by atoms with E-state index in [-0.39, 0.29) is 17.8 Å². The second-order valence-electron chi connectivity index (χ2n) is 6.19. The summed E-state index contributed by atoms with van der Waals surface area (Å²) in [5, 5.41) is 5.85. The molecule has 27 heavy (non-hydrogen) atoms. The van der Waals surface area contributed by atoms with Gasteiger partial charge in [-0.05, 0) is 38.0 Å². The number of nitrogens with zero attached hydrogens (tertiary/aromatic N) is 3. The van der Waals surface area contributed by atoms with Crippen molar-refractivity contribution < 1.29 is 13.9 Å². The molecule has 3 rings (SSSR count). The topological polar surface area (TPSA) is 79.4 Å². The Morgan fingerprint density at radius 3 is 3.04 bits per heavy atom. The van der Waals surface area contributed by atoms with E-state index >= 15 is 0 Å². The molecule has 1 unspecified atom stereocenters. The number of nitrogens with one attached hydrogen (secondary N) is 2. The number of ether oxygens (including phenoxy) is 1. The first kappa shape index (κ1) is 19.0. The number of amides is 1. The van der Waals surface area contributed by atoms with Crippen LogP contribution in [0.4, 0.5) is 21.8 Å². The summed E-state index contributed by atoms with van der Waals surface area (Å²) in [7, 11) is 0. The molecule has 1 aromatic carbocycles. The lowest BCUT2D eigenvalue weighted by atomic mass is 10.2. The average Bonchev–Trinajstić information content (AvgIpc) is 3.17. The van der Waals surface area contributed by atoms with Crippen LogP contribution in [0.15, 0.2) is 36.5 Å². The molecule has 7 nitrogen and oxygen atoms in total. The molecule has 0 radical (unpaired) electrons. The predicted molar refractivity (Wildman–Crippen MR) is 102 cm³/mol. The van der Waals surface area contributed by atoms with E-state index in [1.54, 1.807) is 30.5 Å². The molecule has 1 fully saturated rings. The second kappa shape index (κ2) is 9.27. The summed E-state index contributed by atoms with van der Waals surface area (Å²) in [4.78, 5) is 23.1. The van der Waals surface area contributed by atoms with E-state index < -0.39 is 0 Å². The van der Waals surface area contributed by atoms with E-state index in [4.69, 9.17) is 4.74 Å². The Balaban J connectivity index is 1.68. The van der Waals surface area contributed by atoms with Gasteiger partial charge in [0.05, 0.1) is 12.3 Å². The van der Waals surface area contributed by atoms with Crippen LogP contribution in [-0.2, 0) is 9.53 Å². The Labute approximate surface area is 158 Å². The highest BCUT2D eigenvalue weighted by atomic mass is 19.1. The van der Waals surface area contributed by atoms with Gasteiger partial charge in [0.1, 0.15) is 17.7 Å². The van der Waals surface area contributed by atoms with Crippen LogP contribution in [-0.4, -0.2) is 48.2 Å². The van der Waals surface area contributed by atoms with Crippen LogP contribution in [0.25, 0.3) is 0 Å². The lowest BCUT2D eigenvalue weighted by Crippen LogP contribution is -2.45. The molecule has 0 spiro atoms. The zero-order valence-electron chi connectivity index (χ0n) is 15.3. The summed E-state index contributed by atoms with van der Waals surface area (Å²) in [6.07, 6.45) is 3.24. The van der Waals surface area contributed by atoms with Gasteiger partial charge in [-0.1, -0.05) is 12.1 Å². The number of anilines is 3. The van der Waals surface area contributed by atoms with Gasteiger partial charge in [0.25, 0.3) is 0 Å². The van der Waals surface area contributed by atoms with Crippen LogP contribution in [0.2, 0.25) is 0 Å². The molecule has 144 valence electrons. The first-order chi connectivity index (χ1) is 13.2. The first-order valence-electron chi connectivity index (χ1n) is 9.15. The number of rotatable bonds is 8. The highest BCUT2D eigenvalue weighted by Gasteiger charge is 2.32. The monoisotopic (exact) mass is 373 g/mol. The first-order valence-corrected chi connectivity index (χ1v) is 9.15. The number of halogens is 1. The highest BCUT2D eigenvalue weighted by Crippen LogP contribution is 2.24. The molecule has 0 bridgehead atoms. The lowest BCUT2D eigenvalue weighted by molar-refractivity contribution is -0.122. The predicted octanol–water partition coefficient (Wildman–Crippen LogP) is 2.48. The zero-order chi connectivity index (χ0) is 19.1. The normalized spacial score (nSPS) is 16.4. The Morgan fingerprint density at radius 1 is 1.37 bits per heavy atom. The molecule has 1 aliphatic rings. The molecule has 2 aromatic rings. The highest BCUT2D eigenvalue weighted by molar-refractivity contribution is 5.85. The fourth-order valence-corrected chi connectivity index (χ4v) is 3.04. The Hall–Kier alpha value is -2.74. The van der Waals surface area contributed by atoms with Gasteiger partial charge in [0.2, 0.25) is 11.9 Å². The minimum Gasteiger partial charge on any atom is -0.380 e. The average molecular weight is 373 g/mol. The van der Waals surface area contributed by atoms with Gasteiger partial charge >= 0.3 is 0 Å². The maximum absolute atomic E-state index is 13.8. The molecule has 1 aromatic heterocycles. The number of carbonyl (C=O) groups excluding carboxylic acids is 1. The van der Waals surface area contributed by atoms with Gasteiger partial charge in [0.15, 0.2) is 0 Å². The maximum Gasteiger partial charge on any atom is 0.242 e. The van der Waals surface area contributed by atoms with Crippen molar-refractivity contribution >= 4 is 23.4 Å². The zero-order valence-corrected chi connectivity index (χ0v) is 15.3. The van der Waals surface area contributed by atoms with Crippen LogP contribution < -0.4 is 15.5 Å². The number of para-hydroxylation sites is 1. The number of hydrogen-bond acceptors (Lipinski definition) is 6. The van der Waals surface area contributed by atoms with E-state index in [9.17, 15) is 9.18 Å². The lowest BCUT2D eigenvalue weighted by Gasteiger charge is -2.24. The van der Waals surface area contributed by atoms with Crippen LogP contribution >= 0.6 is 0 Å². The van der Waals surface area contributed by atoms with Gasteiger partial charge in [0, 0.05) is 25.9 Å². The standard InChI is InChI=1S/C19H24FN5O2/c1-2-27-13-11-21-18(26)16-8-5-12-25(16)19-22-10-9-17(24-19)23-15-7-4-3-6-14(15)20/h3-4,6-7,9-10,16H,2,5,8,11-13H2,1H3,(H,21,26)(H,22,23,24). The largest absolute Gasteiger partial charge is 0.380 e. The van der Waals surface area contributed by atoms with Crippen molar-refractivity contribution in [3.63, 3.8) is 0 Å².